The van der Waals surface area contributed by atoms with Crippen LogP contribution < -0.4 is 0 Å². The number of hydrogen-bond acceptors (Lipinski definition) is 4. The Bertz CT molecular complexity index is 222. The number of aliphatic hydroxyl groups excluding tert-OH is 1. The van der Waals surface area contributed by atoms with E-state index in [2.05, 4.69) is 17.9 Å². The van der Waals surface area contributed by atoms with Gasteiger partial charge in [-0.05, 0) is 6.42 Å². The Balaban J connectivity index is 0. The van der Waals surface area contributed by atoms with Gasteiger partial charge in [-0.2, -0.15) is 0 Å². The first-order chi connectivity index (χ1) is 6.97. The summed E-state index contributed by atoms with van der Waals surface area (Å²) in [5, 5.41) is 16.5. The Morgan fingerprint density at radius 1 is 1.40 bits per heavy atom. The number of carboxylic acids is 1. The molecule has 0 aromatic rings. The Labute approximate surface area is 88.7 Å². The largest absolute Gasteiger partial charge is 0.478 e. The maximum Gasteiger partial charge on any atom is 0.330 e. The lowest BCUT2D eigenvalue weighted by atomic mass is 10.3. The molecule has 0 bridgehead atoms. The van der Waals surface area contributed by atoms with E-state index >= 15 is 0 Å². The van der Waals surface area contributed by atoms with Crippen molar-refractivity contribution >= 4 is 11.9 Å². The quantitative estimate of drug-likeness (QED) is 0.523. The van der Waals surface area contributed by atoms with Crippen LogP contribution in [0.5, 0.6) is 0 Å². The van der Waals surface area contributed by atoms with Crippen molar-refractivity contribution in [1.82, 2.24) is 0 Å². The van der Waals surface area contributed by atoms with Gasteiger partial charge in [0.05, 0.1) is 6.10 Å². The lowest BCUT2D eigenvalue weighted by molar-refractivity contribution is -0.140. The molecule has 0 aromatic carbocycles. The predicted octanol–water partition coefficient (Wildman–Crippen LogP) is 0.743. The minimum absolute atomic E-state index is 0.0569. The second-order valence-electron chi connectivity index (χ2n) is 2.44. The fourth-order valence-corrected chi connectivity index (χ4v) is 0.355. The molecule has 0 aliphatic rings. The third-order valence-corrected chi connectivity index (χ3v) is 1.23. The highest BCUT2D eigenvalue weighted by Crippen LogP contribution is 1.90. The fourth-order valence-electron chi connectivity index (χ4n) is 0.355. The maximum absolute atomic E-state index is 10.4. The van der Waals surface area contributed by atoms with Crippen LogP contribution in [-0.4, -0.2) is 34.9 Å². The van der Waals surface area contributed by atoms with Crippen molar-refractivity contribution in [2.75, 3.05) is 6.61 Å². The zero-order valence-corrected chi connectivity index (χ0v) is 8.68. The second-order valence-corrected chi connectivity index (χ2v) is 2.44. The van der Waals surface area contributed by atoms with Gasteiger partial charge in [-0.25, -0.2) is 9.59 Å². The van der Waals surface area contributed by atoms with Crippen LogP contribution in [0.2, 0.25) is 0 Å². The average molecular weight is 216 g/mol. The topological polar surface area (TPSA) is 83.8 Å². The Morgan fingerprint density at radius 2 is 1.87 bits per heavy atom. The SMILES string of the molecule is C=CC(=O)O.C=CC(=O)OCC(O)CC. The highest BCUT2D eigenvalue weighted by Gasteiger charge is 2.02. The fraction of sp³-hybridized carbons (Fsp3) is 0.400. The Morgan fingerprint density at radius 3 is 2.13 bits per heavy atom. The molecule has 0 rings (SSSR count). The molecule has 15 heavy (non-hydrogen) atoms. The number of carboxylic acid groups (broad SMARTS) is 1. The standard InChI is InChI=1S/C7H12O3.C3H4O2/c1-3-6(8)5-10-7(9)4-2;1-2-3(4)5/h4,6,8H,2-3,5H2,1H3;2H,1H2,(H,4,5). The third-order valence-electron chi connectivity index (χ3n) is 1.23. The summed E-state index contributed by atoms with van der Waals surface area (Å²) in [5.41, 5.74) is 0. The molecule has 5 heteroatoms. The van der Waals surface area contributed by atoms with Crippen molar-refractivity contribution in [2.24, 2.45) is 0 Å². The molecule has 1 unspecified atom stereocenters. The van der Waals surface area contributed by atoms with E-state index in [1.165, 1.54) is 0 Å². The molecule has 0 aromatic heterocycles. The Hall–Kier alpha value is -1.62. The summed E-state index contributed by atoms with van der Waals surface area (Å²) in [5.74, 6) is -1.47. The number of hydrogen-bond donors (Lipinski definition) is 2. The molecular formula is C10H16O5. The van der Waals surface area contributed by atoms with Gasteiger partial charge in [-0.3, -0.25) is 0 Å². The molecule has 0 saturated heterocycles. The first-order valence-corrected chi connectivity index (χ1v) is 4.30. The number of carbonyl (C=O) groups excluding carboxylic acids is 1. The monoisotopic (exact) mass is 216 g/mol. The van der Waals surface area contributed by atoms with Crippen LogP contribution in [0.15, 0.2) is 25.3 Å². The second kappa shape index (κ2) is 10.5. The molecular weight excluding hydrogens is 200 g/mol. The van der Waals surface area contributed by atoms with Crippen LogP contribution in [-0.2, 0) is 14.3 Å². The molecule has 0 aliphatic heterocycles. The molecule has 0 spiro atoms. The third kappa shape index (κ3) is 15.2. The van der Waals surface area contributed by atoms with E-state index in [1.54, 1.807) is 0 Å². The molecule has 5 nitrogen and oxygen atoms in total. The number of aliphatic carboxylic acids is 1. The minimum atomic E-state index is -0.981. The van der Waals surface area contributed by atoms with Crippen LogP contribution in [0.25, 0.3) is 0 Å². The predicted molar refractivity (Wildman–Crippen MR) is 55.3 cm³/mol. The molecule has 0 saturated carbocycles. The van der Waals surface area contributed by atoms with E-state index in [9.17, 15) is 9.59 Å². The summed E-state index contributed by atoms with van der Waals surface area (Å²) in [6, 6.07) is 0. The van der Waals surface area contributed by atoms with Crippen LogP contribution in [0.3, 0.4) is 0 Å². The summed E-state index contributed by atoms with van der Waals surface area (Å²) in [6.45, 7) is 8.04. The van der Waals surface area contributed by atoms with E-state index in [4.69, 9.17) is 10.2 Å². The van der Waals surface area contributed by atoms with Gasteiger partial charge >= 0.3 is 11.9 Å². The van der Waals surface area contributed by atoms with E-state index in [0.717, 1.165) is 12.2 Å². The van der Waals surface area contributed by atoms with E-state index < -0.39 is 18.0 Å². The van der Waals surface area contributed by atoms with E-state index in [0.29, 0.717) is 6.42 Å². The highest BCUT2D eigenvalue weighted by molar-refractivity contribution is 5.81. The van der Waals surface area contributed by atoms with E-state index in [1.807, 2.05) is 6.92 Å². The van der Waals surface area contributed by atoms with Gasteiger partial charge in [-0.15, -0.1) is 0 Å². The van der Waals surface area contributed by atoms with Crippen molar-refractivity contribution in [2.45, 2.75) is 19.4 Å². The average Bonchev–Trinajstić information content (AvgIpc) is 2.25. The number of rotatable bonds is 5. The van der Waals surface area contributed by atoms with Crippen molar-refractivity contribution in [3.8, 4) is 0 Å². The first kappa shape index (κ1) is 15.8. The lowest BCUT2D eigenvalue weighted by Gasteiger charge is -2.05. The summed E-state index contributed by atoms with van der Waals surface area (Å²) < 4.78 is 4.54. The van der Waals surface area contributed by atoms with Crippen LogP contribution in [0.1, 0.15) is 13.3 Å². The summed E-state index contributed by atoms with van der Waals surface area (Å²) in [7, 11) is 0. The lowest BCUT2D eigenvalue weighted by Crippen LogP contribution is -2.16. The van der Waals surface area contributed by atoms with Crippen LogP contribution in [0.4, 0.5) is 0 Å². The Kier molecular flexibility index (Phi) is 11.0. The zero-order chi connectivity index (χ0) is 12.3. The van der Waals surface area contributed by atoms with Gasteiger partial charge in [0.1, 0.15) is 6.61 Å². The van der Waals surface area contributed by atoms with Gasteiger partial charge in [0, 0.05) is 12.2 Å². The van der Waals surface area contributed by atoms with Gasteiger partial charge in [0.2, 0.25) is 0 Å². The number of esters is 1. The van der Waals surface area contributed by atoms with Crippen molar-refractivity contribution in [3.05, 3.63) is 25.3 Å². The maximum atomic E-state index is 10.4. The smallest absolute Gasteiger partial charge is 0.330 e. The summed E-state index contributed by atoms with van der Waals surface area (Å²) in [4.78, 5) is 19.6. The molecule has 1 atom stereocenters. The molecule has 0 radical (unpaired) electrons. The van der Waals surface area contributed by atoms with Crippen molar-refractivity contribution in [1.29, 1.82) is 0 Å². The zero-order valence-electron chi connectivity index (χ0n) is 8.68. The number of ether oxygens (including phenoxy) is 1. The van der Waals surface area contributed by atoms with Crippen LogP contribution >= 0.6 is 0 Å². The highest BCUT2D eigenvalue weighted by atomic mass is 16.5. The summed E-state index contributed by atoms with van der Waals surface area (Å²) in [6.07, 6.45) is 1.94. The van der Waals surface area contributed by atoms with E-state index in [-0.39, 0.29) is 6.61 Å². The summed E-state index contributed by atoms with van der Waals surface area (Å²) >= 11 is 0. The normalized spacial score (nSPS) is 10.3. The van der Waals surface area contributed by atoms with Gasteiger partial charge in [-0.1, -0.05) is 20.1 Å². The van der Waals surface area contributed by atoms with Gasteiger partial charge in [0.25, 0.3) is 0 Å². The molecule has 0 heterocycles. The van der Waals surface area contributed by atoms with Crippen molar-refractivity contribution < 1.29 is 24.5 Å². The molecule has 86 valence electrons. The molecule has 0 amide bonds. The van der Waals surface area contributed by atoms with Crippen LogP contribution in [0, 0.1) is 0 Å². The number of carbonyl (C=O) groups is 2. The molecule has 2 N–H and O–H groups in total. The molecule has 0 fully saturated rings. The van der Waals surface area contributed by atoms with Gasteiger partial charge in [0.15, 0.2) is 0 Å². The molecule has 0 aliphatic carbocycles. The minimum Gasteiger partial charge on any atom is -0.478 e. The number of aliphatic hydroxyl groups is 1. The first-order valence-electron chi connectivity index (χ1n) is 4.30. The van der Waals surface area contributed by atoms with Crippen molar-refractivity contribution in [3.63, 3.8) is 0 Å². The van der Waals surface area contributed by atoms with Gasteiger partial charge < -0.3 is 14.9 Å².